The number of amides is 1. The van der Waals surface area contributed by atoms with Crippen LogP contribution in [0.1, 0.15) is 36.5 Å². The maximum Gasteiger partial charge on any atom is 0.277 e. The number of nitrogens with one attached hydrogen (secondary N) is 1. The van der Waals surface area contributed by atoms with Crippen LogP contribution >= 0.6 is 31.9 Å². The van der Waals surface area contributed by atoms with Crippen molar-refractivity contribution in [2.24, 2.45) is 5.10 Å². The number of nitrogens with zero attached hydrogens (tertiary/aromatic N) is 1. The van der Waals surface area contributed by atoms with Gasteiger partial charge in [-0.25, -0.2) is 5.43 Å². The monoisotopic (exact) mass is 546 g/mol. The Morgan fingerprint density at radius 1 is 1.19 bits per heavy atom. The van der Waals surface area contributed by atoms with Gasteiger partial charge in [0.25, 0.3) is 5.91 Å². The maximum atomic E-state index is 12.4. The number of carbonyl (C=O) groups is 1. The Hall–Kier alpha value is -2.38. The first kappa shape index (κ1) is 23.3. The van der Waals surface area contributed by atoms with Crippen molar-refractivity contribution in [3.63, 3.8) is 0 Å². The Bertz CT molecular complexity index is 1140. The molecule has 0 radical (unpaired) electrons. The summed E-state index contributed by atoms with van der Waals surface area (Å²) in [5.41, 5.74) is 5.37. The SMILES string of the molecule is COc1ccc2ccccc2c1/C=N\NC(=O)COc1c(C(C)C)cc(Br)c(C)c1Br. The van der Waals surface area contributed by atoms with E-state index in [2.05, 4.69) is 56.2 Å². The fourth-order valence-corrected chi connectivity index (χ4v) is 4.48. The smallest absolute Gasteiger partial charge is 0.277 e. The first-order chi connectivity index (χ1) is 14.8. The van der Waals surface area contributed by atoms with Gasteiger partial charge in [0.15, 0.2) is 6.61 Å². The first-order valence-electron chi connectivity index (χ1n) is 9.82. The van der Waals surface area contributed by atoms with Gasteiger partial charge in [0.05, 0.1) is 17.8 Å². The molecule has 0 atom stereocenters. The van der Waals surface area contributed by atoms with Crippen molar-refractivity contribution >= 4 is 54.8 Å². The van der Waals surface area contributed by atoms with Crippen molar-refractivity contribution in [2.75, 3.05) is 13.7 Å². The van der Waals surface area contributed by atoms with E-state index in [1.165, 1.54) is 0 Å². The molecule has 0 aliphatic heterocycles. The molecule has 0 unspecified atom stereocenters. The van der Waals surface area contributed by atoms with Gasteiger partial charge in [0, 0.05) is 10.0 Å². The molecule has 0 saturated carbocycles. The zero-order valence-electron chi connectivity index (χ0n) is 17.8. The van der Waals surface area contributed by atoms with Crippen LogP contribution in [-0.4, -0.2) is 25.8 Å². The van der Waals surface area contributed by atoms with Gasteiger partial charge in [-0.15, -0.1) is 0 Å². The Kier molecular flexibility index (Phi) is 7.73. The summed E-state index contributed by atoms with van der Waals surface area (Å²) in [7, 11) is 1.61. The molecule has 0 saturated heterocycles. The van der Waals surface area contributed by atoms with E-state index < -0.39 is 0 Å². The number of hydrazone groups is 1. The molecule has 1 amide bonds. The zero-order chi connectivity index (χ0) is 22.5. The molecule has 0 aliphatic rings. The fraction of sp³-hybridized carbons (Fsp3) is 0.250. The van der Waals surface area contributed by atoms with E-state index in [-0.39, 0.29) is 18.4 Å². The standard InChI is InChI=1S/C24H24Br2N2O3/c1-14(2)18-11-20(25)15(3)23(26)24(18)31-13-22(29)28-27-12-19-17-8-6-5-7-16(17)9-10-21(19)30-4/h5-12,14H,13H2,1-4H3,(H,28,29)/b27-12-. The van der Waals surface area contributed by atoms with Gasteiger partial charge in [0.1, 0.15) is 11.5 Å². The quantitative estimate of drug-likeness (QED) is 0.277. The number of methoxy groups -OCH3 is 1. The minimum atomic E-state index is -0.349. The van der Waals surface area contributed by atoms with Crippen LogP contribution < -0.4 is 14.9 Å². The van der Waals surface area contributed by atoms with Crippen LogP contribution in [0.4, 0.5) is 0 Å². The minimum absolute atomic E-state index is 0.149. The van der Waals surface area contributed by atoms with E-state index in [9.17, 15) is 4.79 Å². The van der Waals surface area contributed by atoms with Gasteiger partial charge in [-0.2, -0.15) is 5.10 Å². The highest BCUT2D eigenvalue weighted by atomic mass is 79.9. The molecule has 0 spiro atoms. The van der Waals surface area contributed by atoms with E-state index >= 15 is 0 Å². The highest BCUT2D eigenvalue weighted by Crippen LogP contribution is 2.40. The molecular formula is C24H24Br2N2O3. The molecule has 3 aromatic carbocycles. The van der Waals surface area contributed by atoms with Crippen LogP contribution in [-0.2, 0) is 4.79 Å². The Balaban J connectivity index is 1.73. The summed E-state index contributed by atoms with van der Waals surface area (Å²) in [4.78, 5) is 12.4. The molecule has 31 heavy (non-hydrogen) atoms. The molecule has 0 fully saturated rings. The number of ether oxygens (including phenoxy) is 2. The van der Waals surface area contributed by atoms with E-state index in [0.717, 1.165) is 36.4 Å². The third-order valence-corrected chi connectivity index (χ3v) is 6.71. The largest absolute Gasteiger partial charge is 0.496 e. The number of carbonyl (C=O) groups excluding carboxylic acids is 1. The summed E-state index contributed by atoms with van der Waals surface area (Å²) in [6, 6.07) is 13.8. The summed E-state index contributed by atoms with van der Waals surface area (Å²) < 4.78 is 13.1. The number of rotatable bonds is 7. The minimum Gasteiger partial charge on any atom is -0.496 e. The molecule has 0 heterocycles. The molecule has 3 rings (SSSR count). The second-order valence-corrected chi connectivity index (χ2v) is 9.00. The van der Waals surface area contributed by atoms with Crippen molar-refractivity contribution < 1.29 is 14.3 Å². The second kappa shape index (κ2) is 10.3. The van der Waals surface area contributed by atoms with Crippen LogP contribution in [0.25, 0.3) is 10.8 Å². The lowest BCUT2D eigenvalue weighted by Gasteiger charge is -2.18. The normalized spacial score (nSPS) is 11.3. The number of benzene rings is 3. The molecule has 0 aromatic heterocycles. The van der Waals surface area contributed by atoms with E-state index in [1.807, 2.05) is 49.4 Å². The highest BCUT2D eigenvalue weighted by Gasteiger charge is 2.17. The van der Waals surface area contributed by atoms with Crippen LogP contribution in [0.2, 0.25) is 0 Å². The number of halogens is 2. The summed E-state index contributed by atoms with van der Waals surface area (Å²) >= 11 is 7.16. The highest BCUT2D eigenvalue weighted by molar-refractivity contribution is 9.11. The average molecular weight is 548 g/mol. The first-order valence-corrected chi connectivity index (χ1v) is 11.4. The van der Waals surface area contributed by atoms with Crippen molar-refractivity contribution in [1.82, 2.24) is 5.43 Å². The lowest BCUT2D eigenvalue weighted by Crippen LogP contribution is -2.25. The molecule has 7 heteroatoms. The zero-order valence-corrected chi connectivity index (χ0v) is 21.0. The number of fused-ring (bicyclic) bond motifs is 1. The Morgan fingerprint density at radius 3 is 2.65 bits per heavy atom. The third-order valence-electron chi connectivity index (χ3n) is 4.93. The predicted molar refractivity (Wildman–Crippen MR) is 132 cm³/mol. The summed E-state index contributed by atoms with van der Waals surface area (Å²) in [5.74, 6) is 1.25. The maximum absolute atomic E-state index is 12.4. The fourth-order valence-electron chi connectivity index (χ4n) is 3.21. The van der Waals surface area contributed by atoms with E-state index in [1.54, 1.807) is 13.3 Å². The van der Waals surface area contributed by atoms with Gasteiger partial charge in [-0.1, -0.05) is 60.1 Å². The second-order valence-electron chi connectivity index (χ2n) is 7.35. The molecule has 0 aliphatic carbocycles. The molecular weight excluding hydrogens is 524 g/mol. The van der Waals surface area contributed by atoms with Gasteiger partial charge in [-0.3, -0.25) is 4.79 Å². The lowest BCUT2D eigenvalue weighted by molar-refractivity contribution is -0.123. The molecule has 162 valence electrons. The topological polar surface area (TPSA) is 59.9 Å². The van der Waals surface area contributed by atoms with E-state index in [4.69, 9.17) is 9.47 Å². The van der Waals surface area contributed by atoms with Crippen molar-refractivity contribution in [1.29, 1.82) is 0 Å². The van der Waals surface area contributed by atoms with Gasteiger partial charge >= 0.3 is 0 Å². The molecule has 1 N–H and O–H groups in total. The van der Waals surface area contributed by atoms with Gasteiger partial charge < -0.3 is 9.47 Å². The predicted octanol–water partition coefficient (Wildman–Crippen LogP) is 6.33. The number of hydrogen-bond acceptors (Lipinski definition) is 4. The summed E-state index contributed by atoms with van der Waals surface area (Å²) in [6.07, 6.45) is 1.60. The van der Waals surface area contributed by atoms with Crippen LogP contribution in [0.5, 0.6) is 11.5 Å². The molecule has 5 nitrogen and oxygen atoms in total. The third kappa shape index (κ3) is 5.28. The van der Waals surface area contributed by atoms with Gasteiger partial charge in [-0.05, 0) is 62.8 Å². The van der Waals surface area contributed by atoms with Crippen LogP contribution in [0.15, 0.2) is 56.5 Å². The lowest BCUT2D eigenvalue weighted by atomic mass is 10.0. The van der Waals surface area contributed by atoms with Crippen molar-refractivity contribution in [2.45, 2.75) is 26.7 Å². The Labute approximate surface area is 199 Å². The average Bonchev–Trinajstić information content (AvgIpc) is 2.76. The van der Waals surface area contributed by atoms with Crippen LogP contribution in [0.3, 0.4) is 0 Å². The van der Waals surface area contributed by atoms with Crippen molar-refractivity contribution in [3.05, 3.63) is 68.1 Å². The molecule has 3 aromatic rings. The summed E-state index contributed by atoms with van der Waals surface area (Å²) in [6.45, 7) is 5.99. The Morgan fingerprint density at radius 2 is 1.94 bits per heavy atom. The van der Waals surface area contributed by atoms with Crippen molar-refractivity contribution in [3.8, 4) is 11.5 Å². The van der Waals surface area contributed by atoms with Gasteiger partial charge in [0.2, 0.25) is 0 Å². The molecule has 0 bridgehead atoms. The van der Waals surface area contributed by atoms with E-state index in [0.29, 0.717) is 11.5 Å². The van der Waals surface area contributed by atoms with Crippen LogP contribution in [0, 0.1) is 6.92 Å². The number of hydrogen-bond donors (Lipinski definition) is 1. The summed E-state index contributed by atoms with van der Waals surface area (Å²) in [5, 5.41) is 6.18.